The van der Waals surface area contributed by atoms with E-state index in [-0.39, 0.29) is 96.5 Å². The van der Waals surface area contributed by atoms with E-state index in [2.05, 4.69) is 80.7 Å². The van der Waals surface area contributed by atoms with Crippen molar-refractivity contribution < 1.29 is 44.7 Å². The molecule has 0 radical (unpaired) electrons. The molecule has 0 unspecified atom stereocenters. The van der Waals surface area contributed by atoms with E-state index in [9.17, 15) is 55.2 Å². The molecule has 0 saturated carbocycles. The number of rotatable bonds is 16. The Morgan fingerprint density at radius 1 is 0.535 bits per heavy atom. The van der Waals surface area contributed by atoms with Gasteiger partial charge in [-0.1, -0.05) is 94.1 Å². The maximum Gasteiger partial charge on any atom is 0.419 e. The van der Waals surface area contributed by atoms with Crippen LogP contribution in [0.1, 0.15) is 93.4 Å². The minimum Gasteiger partial charge on any atom is -0.336 e. The molecule has 464 valence electrons. The molecule has 12 nitrogen and oxygen atoms in total. The van der Waals surface area contributed by atoms with E-state index in [1.807, 2.05) is 84.9 Å². The predicted molar refractivity (Wildman–Crippen MR) is 339 cm³/mol. The Morgan fingerprint density at radius 2 is 0.895 bits per heavy atom. The standard InChI is InChI=1S/2C31H33F4N5O.CH4.3H2S/c2*1-3-13-39-14-15-40(21(2)20-39)29(24-9-7-23(8-10-24)25-6-4-5-22(16-25)18-36)19-37-30(41)38-26-11-12-28(32)27(17-26)31(33,34)35;;;;/h2*4-12,16-17,21,29H,3,13-15,19-20H2,1-2H3,(H2,37,38,41);1H4;3*1H2/t21-,29+;21-,29-;;;;/m00..../s1. The fraction of sp³-hybridized carbons (Fsp3) is 0.365. The van der Waals surface area contributed by atoms with Crippen molar-refractivity contribution in [3.05, 3.63) is 178 Å². The van der Waals surface area contributed by atoms with Crippen LogP contribution in [0, 0.1) is 34.3 Å². The Morgan fingerprint density at radius 3 is 1.21 bits per heavy atom. The zero-order valence-electron chi connectivity index (χ0n) is 47.5. The van der Waals surface area contributed by atoms with E-state index in [0.717, 1.165) is 111 Å². The molecule has 2 aliphatic heterocycles. The molecule has 6 aromatic carbocycles. The SMILES string of the molecule is C.CCCN1CCN([C@@H](CNC(=O)Nc2ccc(F)c(C(F)(F)F)c2)c2ccc(-c3cccc(C#N)c3)cc2)[C@@H](C)C1.CCCN1CCN([C@H](CNC(=O)Nc2ccc(F)c(C(F)(F)F)c2)c2ccc(-c3cccc(C#N)c3)cc2)[C@@H](C)C1.S.S.S. The molecule has 2 heterocycles. The topological polar surface area (TPSA) is 143 Å². The normalized spacial score (nSPS) is 16.3. The second-order valence-electron chi connectivity index (χ2n) is 20.5. The van der Waals surface area contributed by atoms with Gasteiger partial charge in [0.25, 0.3) is 0 Å². The first-order chi connectivity index (χ1) is 39.2. The van der Waals surface area contributed by atoms with Crippen LogP contribution in [-0.4, -0.2) is 109 Å². The summed E-state index contributed by atoms with van der Waals surface area (Å²) in [6.07, 6.45) is -7.62. The third-order valence-corrected chi connectivity index (χ3v) is 14.6. The third-order valence-electron chi connectivity index (χ3n) is 14.6. The second kappa shape index (κ2) is 33.9. The summed E-state index contributed by atoms with van der Waals surface area (Å²) in [5.41, 5.74) is 3.65. The van der Waals surface area contributed by atoms with Gasteiger partial charge in [0.15, 0.2) is 0 Å². The summed E-state index contributed by atoms with van der Waals surface area (Å²) in [7, 11) is 0. The van der Waals surface area contributed by atoms with E-state index < -0.39 is 47.2 Å². The summed E-state index contributed by atoms with van der Waals surface area (Å²) in [6.45, 7) is 16.1. The maximum atomic E-state index is 13.7. The maximum absolute atomic E-state index is 13.7. The van der Waals surface area contributed by atoms with Crippen LogP contribution in [-0.2, 0) is 12.4 Å². The molecule has 0 aliphatic carbocycles. The zero-order valence-corrected chi connectivity index (χ0v) is 50.5. The number of alkyl halides is 6. The highest BCUT2D eigenvalue weighted by Crippen LogP contribution is 2.36. The predicted octanol–water partition coefficient (Wildman–Crippen LogP) is 14.3. The number of piperazine rings is 2. The summed E-state index contributed by atoms with van der Waals surface area (Å²) in [5.74, 6) is -2.80. The van der Waals surface area contributed by atoms with Crippen LogP contribution in [0.4, 0.5) is 56.1 Å². The minimum atomic E-state index is -4.87. The largest absolute Gasteiger partial charge is 0.419 e. The van der Waals surface area contributed by atoms with E-state index in [1.165, 1.54) is 0 Å². The lowest BCUT2D eigenvalue weighted by Gasteiger charge is -2.44. The highest BCUT2D eigenvalue weighted by Gasteiger charge is 2.36. The molecule has 0 spiro atoms. The molecule has 8 rings (SSSR count). The molecule has 23 heteroatoms. The van der Waals surface area contributed by atoms with Crippen molar-refractivity contribution in [1.82, 2.24) is 30.2 Å². The van der Waals surface area contributed by atoms with Gasteiger partial charge in [0.05, 0.1) is 46.5 Å². The smallest absolute Gasteiger partial charge is 0.336 e. The highest BCUT2D eigenvalue weighted by atomic mass is 32.1. The number of nitrogens with zero attached hydrogens (tertiary/aromatic N) is 6. The van der Waals surface area contributed by atoms with Crippen LogP contribution in [0.15, 0.2) is 133 Å². The fourth-order valence-corrected chi connectivity index (χ4v) is 10.6. The molecule has 86 heavy (non-hydrogen) atoms. The molecule has 0 bridgehead atoms. The first-order valence-corrected chi connectivity index (χ1v) is 27.2. The Hall–Kier alpha value is -6.83. The number of carbonyl (C=O) groups excluding carboxylic acids is 2. The summed E-state index contributed by atoms with van der Waals surface area (Å²) in [4.78, 5) is 35.0. The van der Waals surface area contributed by atoms with E-state index >= 15 is 0 Å². The monoisotopic (exact) mass is 1250 g/mol. The number of anilines is 2. The lowest BCUT2D eigenvalue weighted by molar-refractivity contribution is -0.140. The van der Waals surface area contributed by atoms with Gasteiger partial charge < -0.3 is 31.1 Å². The highest BCUT2D eigenvalue weighted by molar-refractivity contribution is 7.59. The van der Waals surface area contributed by atoms with Crippen molar-refractivity contribution in [1.29, 1.82) is 10.5 Å². The summed E-state index contributed by atoms with van der Waals surface area (Å²) in [6, 6.07) is 38.3. The average molecular weight is 1250 g/mol. The fourth-order valence-electron chi connectivity index (χ4n) is 10.6. The lowest BCUT2D eigenvalue weighted by atomic mass is 9.97. The van der Waals surface area contributed by atoms with E-state index in [0.29, 0.717) is 35.4 Å². The zero-order chi connectivity index (χ0) is 59.1. The van der Waals surface area contributed by atoms with Crippen molar-refractivity contribution in [2.75, 3.05) is 76.1 Å². The van der Waals surface area contributed by atoms with Crippen LogP contribution in [0.5, 0.6) is 0 Å². The van der Waals surface area contributed by atoms with Crippen LogP contribution in [0.2, 0.25) is 0 Å². The number of halogens is 8. The minimum absolute atomic E-state index is 0. The van der Waals surface area contributed by atoms with Gasteiger partial charge in [-0.3, -0.25) is 9.80 Å². The summed E-state index contributed by atoms with van der Waals surface area (Å²) >= 11 is 0. The molecule has 2 saturated heterocycles. The molecule has 0 aromatic heterocycles. The average Bonchev–Trinajstić information content (AvgIpc) is 3.59. The molecule has 4 amide bonds. The molecule has 4 atom stereocenters. The number of carbonyl (C=O) groups is 2. The Labute approximate surface area is 520 Å². The molecule has 2 fully saturated rings. The molecule has 2 aliphatic rings. The van der Waals surface area contributed by atoms with Gasteiger partial charge in [-0.15, -0.1) is 0 Å². The molecular formula is C63H76F8N10O2S3. The van der Waals surface area contributed by atoms with Gasteiger partial charge in [0.2, 0.25) is 0 Å². The number of nitrogens with one attached hydrogen (secondary N) is 4. The van der Waals surface area contributed by atoms with Gasteiger partial charge in [-0.25, -0.2) is 18.4 Å². The first kappa shape index (κ1) is 73.4. The first-order valence-electron chi connectivity index (χ1n) is 27.2. The number of urea groups is 2. The van der Waals surface area contributed by atoms with Gasteiger partial charge in [-0.05, 0) is 134 Å². The van der Waals surface area contributed by atoms with Gasteiger partial charge in [-0.2, -0.15) is 77.4 Å². The number of hydrogen-bond donors (Lipinski definition) is 4. The van der Waals surface area contributed by atoms with E-state index in [4.69, 9.17) is 0 Å². The van der Waals surface area contributed by atoms with Crippen molar-refractivity contribution in [2.45, 2.75) is 84.5 Å². The van der Waals surface area contributed by atoms with Gasteiger partial charge in [0.1, 0.15) is 11.6 Å². The molecule has 4 N–H and O–H groups in total. The van der Waals surface area contributed by atoms with Crippen molar-refractivity contribution >= 4 is 63.9 Å². The lowest BCUT2D eigenvalue weighted by Crippen LogP contribution is -2.54. The van der Waals surface area contributed by atoms with Crippen LogP contribution >= 0.6 is 40.5 Å². The Bertz CT molecular complexity index is 3000. The summed E-state index contributed by atoms with van der Waals surface area (Å²) in [5, 5.41) is 28.9. The van der Waals surface area contributed by atoms with Gasteiger partial charge in [0, 0.05) is 75.8 Å². The van der Waals surface area contributed by atoms with Crippen LogP contribution in [0.3, 0.4) is 0 Å². The Kier molecular flexibility index (Phi) is 29.0. The summed E-state index contributed by atoms with van der Waals surface area (Å²) < 4.78 is 106. The quantitative estimate of drug-likeness (QED) is 0.0702. The van der Waals surface area contributed by atoms with Crippen LogP contribution < -0.4 is 21.3 Å². The van der Waals surface area contributed by atoms with Crippen molar-refractivity contribution in [2.24, 2.45) is 0 Å². The van der Waals surface area contributed by atoms with Crippen molar-refractivity contribution in [3.63, 3.8) is 0 Å². The van der Waals surface area contributed by atoms with E-state index in [1.54, 1.807) is 12.1 Å². The van der Waals surface area contributed by atoms with Crippen LogP contribution in [0.25, 0.3) is 22.3 Å². The number of amides is 4. The Balaban J connectivity index is 0.000000430. The van der Waals surface area contributed by atoms with Gasteiger partial charge >= 0.3 is 24.4 Å². The molecule has 6 aromatic rings. The third kappa shape index (κ3) is 20.1. The molecular weight excluding hydrogens is 1180 g/mol. The van der Waals surface area contributed by atoms with Crippen molar-refractivity contribution in [3.8, 4) is 34.4 Å². The number of nitriles is 2. The number of benzene rings is 6. The second-order valence-corrected chi connectivity index (χ2v) is 20.5. The number of hydrogen-bond acceptors (Lipinski definition) is 8.